The largest absolute Gasteiger partial charge is 0.399 e. The molecule has 108 valence electrons. The number of rotatable bonds is 6. The van der Waals surface area contributed by atoms with E-state index < -0.39 is 15.6 Å². The molecule has 0 amide bonds. The quantitative estimate of drug-likeness (QED) is 0.698. The molecular formula is C12H19ClN2O3S. The Hall–Kier alpha value is -0.820. The molecule has 0 radical (unpaired) electrons. The monoisotopic (exact) mass is 306 g/mol. The maximum atomic E-state index is 12.3. The van der Waals surface area contributed by atoms with Crippen molar-refractivity contribution in [3.63, 3.8) is 0 Å². The van der Waals surface area contributed by atoms with Crippen LogP contribution in [0.2, 0.25) is 5.02 Å². The number of aliphatic hydroxyl groups excluding tert-OH is 1. The Morgan fingerprint density at radius 2 is 1.95 bits per heavy atom. The minimum Gasteiger partial charge on any atom is -0.399 e. The minimum absolute atomic E-state index is 0.0751. The second-order valence-corrected chi connectivity index (χ2v) is 6.50. The van der Waals surface area contributed by atoms with Gasteiger partial charge in [0.2, 0.25) is 10.0 Å². The lowest BCUT2D eigenvalue weighted by Gasteiger charge is -2.30. The molecular weight excluding hydrogens is 288 g/mol. The number of nitrogens with one attached hydrogen (secondary N) is 1. The van der Waals surface area contributed by atoms with Crippen LogP contribution in [0, 0.1) is 0 Å². The summed E-state index contributed by atoms with van der Waals surface area (Å²) in [7, 11) is -3.83. The smallest absolute Gasteiger partial charge is 0.242 e. The van der Waals surface area contributed by atoms with Crippen LogP contribution in [0.4, 0.5) is 5.69 Å². The van der Waals surface area contributed by atoms with Gasteiger partial charge in [-0.25, -0.2) is 13.1 Å². The Balaban J connectivity index is 3.21. The van der Waals surface area contributed by atoms with Gasteiger partial charge in [0.15, 0.2) is 0 Å². The normalized spacial score (nSPS) is 12.6. The van der Waals surface area contributed by atoms with Gasteiger partial charge in [0.05, 0.1) is 17.2 Å². The predicted octanol–water partition coefficient (Wildman–Crippen LogP) is 1.75. The molecule has 7 heteroatoms. The zero-order valence-electron chi connectivity index (χ0n) is 11.0. The lowest BCUT2D eigenvalue weighted by molar-refractivity contribution is 0.172. The van der Waals surface area contributed by atoms with Gasteiger partial charge in [-0.3, -0.25) is 0 Å². The second kappa shape index (κ2) is 6.09. The van der Waals surface area contributed by atoms with E-state index in [0.717, 1.165) is 0 Å². The van der Waals surface area contributed by atoms with Gasteiger partial charge in [-0.2, -0.15) is 0 Å². The van der Waals surface area contributed by atoms with E-state index in [2.05, 4.69) is 4.72 Å². The summed E-state index contributed by atoms with van der Waals surface area (Å²) in [5, 5.41) is 9.52. The molecule has 5 nitrogen and oxygen atoms in total. The van der Waals surface area contributed by atoms with Crippen molar-refractivity contribution < 1.29 is 13.5 Å². The number of halogens is 1. The summed E-state index contributed by atoms with van der Waals surface area (Å²) in [6.45, 7) is 3.34. The van der Waals surface area contributed by atoms with Crippen molar-refractivity contribution in [2.45, 2.75) is 37.1 Å². The molecule has 0 aliphatic rings. The Morgan fingerprint density at radius 3 is 2.42 bits per heavy atom. The van der Waals surface area contributed by atoms with E-state index in [4.69, 9.17) is 17.3 Å². The van der Waals surface area contributed by atoms with Gasteiger partial charge in [-0.15, -0.1) is 0 Å². The first-order valence-electron chi connectivity index (χ1n) is 6.00. The number of nitrogens with two attached hydrogens (primary N) is 1. The summed E-state index contributed by atoms with van der Waals surface area (Å²) in [4.78, 5) is -0.0751. The van der Waals surface area contributed by atoms with Crippen LogP contribution in [-0.2, 0) is 10.0 Å². The maximum Gasteiger partial charge on any atom is 0.242 e. The van der Waals surface area contributed by atoms with Gasteiger partial charge < -0.3 is 10.8 Å². The summed E-state index contributed by atoms with van der Waals surface area (Å²) in [5.41, 5.74) is 5.02. The number of hydrogen-bond donors (Lipinski definition) is 3. The topological polar surface area (TPSA) is 92.4 Å². The predicted molar refractivity (Wildman–Crippen MR) is 76.6 cm³/mol. The minimum atomic E-state index is -3.83. The van der Waals surface area contributed by atoms with Gasteiger partial charge in [0.25, 0.3) is 0 Å². The lowest BCUT2D eigenvalue weighted by atomic mass is 9.96. The van der Waals surface area contributed by atoms with Crippen molar-refractivity contribution in [1.82, 2.24) is 4.72 Å². The first-order chi connectivity index (χ1) is 8.80. The van der Waals surface area contributed by atoms with Crippen molar-refractivity contribution >= 4 is 27.3 Å². The molecule has 0 atom stereocenters. The van der Waals surface area contributed by atoms with E-state index in [1.807, 2.05) is 13.8 Å². The lowest BCUT2D eigenvalue weighted by Crippen LogP contribution is -2.50. The van der Waals surface area contributed by atoms with Crippen LogP contribution in [-0.4, -0.2) is 25.7 Å². The third-order valence-electron chi connectivity index (χ3n) is 3.25. The zero-order valence-corrected chi connectivity index (χ0v) is 12.6. The van der Waals surface area contributed by atoms with E-state index in [-0.39, 0.29) is 16.5 Å². The fourth-order valence-corrected chi connectivity index (χ4v) is 3.79. The number of sulfonamides is 1. The third kappa shape index (κ3) is 3.60. The molecule has 0 saturated heterocycles. The Morgan fingerprint density at radius 1 is 1.37 bits per heavy atom. The zero-order chi connectivity index (χ0) is 14.7. The highest BCUT2D eigenvalue weighted by atomic mass is 35.5. The van der Waals surface area contributed by atoms with Crippen LogP contribution in [0.5, 0.6) is 0 Å². The highest BCUT2D eigenvalue weighted by Gasteiger charge is 2.32. The molecule has 19 heavy (non-hydrogen) atoms. The average Bonchev–Trinajstić information content (AvgIpc) is 2.39. The summed E-state index contributed by atoms with van der Waals surface area (Å²) in [6, 6.07) is 4.27. The van der Waals surface area contributed by atoms with Crippen LogP contribution < -0.4 is 10.5 Å². The Bertz CT molecular complexity index is 534. The number of benzene rings is 1. The molecule has 0 aromatic heterocycles. The van der Waals surface area contributed by atoms with Gasteiger partial charge in [0, 0.05) is 5.69 Å². The summed E-state index contributed by atoms with van der Waals surface area (Å²) < 4.78 is 27.2. The molecule has 4 N–H and O–H groups in total. The van der Waals surface area contributed by atoms with Crippen molar-refractivity contribution in [2.24, 2.45) is 0 Å². The maximum absolute atomic E-state index is 12.3. The van der Waals surface area contributed by atoms with E-state index in [9.17, 15) is 13.5 Å². The van der Waals surface area contributed by atoms with E-state index >= 15 is 0 Å². The van der Waals surface area contributed by atoms with E-state index in [0.29, 0.717) is 18.5 Å². The molecule has 0 spiro atoms. The van der Waals surface area contributed by atoms with Crippen LogP contribution >= 0.6 is 11.6 Å². The highest BCUT2D eigenvalue weighted by molar-refractivity contribution is 7.89. The molecule has 0 saturated carbocycles. The number of nitrogen functional groups attached to an aromatic ring is 1. The van der Waals surface area contributed by atoms with Crippen molar-refractivity contribution in [3.05, 3.63) is 23.2 Å². The van der Waals surface area contributed by atoms with Crippen molar-refractivity contribution in [3.8, 4) is 0 Å². The van der Waals surface area contributed by atoms with Crippen LogP contribution in [0.1, 0.15) is 26.7 Å². The van der Waals surface area contributed by atoms with Crippen molar-refractivity contribution in [1.29, 1.82) is 0 Å². The van der Waals surface area contributed by atoms with Gasteiger partial charge in [-0.05, 0) is 31.0 Å². The molecule has 0 fully saturated rings. The molecule has 0 bridgehead atoms. The standard InChI is InChI=1S/C12H19ClN2O3S/c1-3-12(4-2,8-16)15-19(17,18)11-7-9(14)5-6-10(11)13/h5-7,15-16H,3-4,8,14H2,1-2H3. The number of aliphatic hydroxyl groups is 1. The van der Waals surface area contributed by atoms with E-state index in [1.165, 1.54) is 18.2 Å². The molecule has 1 aromatic rings. The third-order valence-corrected chi connectivity index (χ3v) is 5.31. The number of hydrogen-bond acceptors (Lipinski definition) is 4. The Kier molecular flexibility index (Phi) is 5.20. The van der Waals surface area contributed by atoms with Gasteiger partial charge >= 0.3 is 0 Å². The second-order valence-electron chi connectivity index (χ2n) is 4.44. The van der Waals surface area contributed by atoms with Gasteiger partial charge in [0.1, 0.15) is 4.90 Å². The average molecular weight is 307 g/mol. The van der Waals surface area contributed by atoms with E-state index in [1.54, 1.807) is 0 Å². The summed E-state index contributed by atoms with van der Waals surface area (Å²) in [5.74, 6) is 0. The molecule has 0 unspecified atom stereocenters. The first-order valence-corrected chi connectivity index (χ1v) is 7.86. The summed E-state index contributed by atoms with van der Waals surface area (Å²) in [6.07, 6.45) is 0.943. The molecule has 1 aromatic carbocycles. The van der Waals surface area contributed by atoms with Crippen LogP contribution in [0.25, 0.3) is 0 Å². The van der Waals surface area contributed by atoms with Crippen LogP contribution in [0.15, 0.2) is 23.1 Å². The van der Waals surface area contributed by atoms with Crippen LogP contribution in [0.3, 0.4) is 0 Å². The molecule has 1 rings (SSSR count). The molecule has 0 aliphatic heterocycles. The Labute approximate surface area is 118 Å². The van der Waals surface area contributed by atoms with Gasteiger partial charge in [-0.1, -0.05) is 25.4 Å². The fourth-order valence-electron chi connectivity index (χ4n) is 1.72. The molecule has 0 aliphatic carbocycles. The number of anilines is 1. The van der Waals surface area contributed by atoms with Crippen molar-refractivity contribution in [2.75, 3.05) is 12.3 Å². The highest BCUT2D eigenvalue weighted by Crippen LogP contribution is 2.26. The first kappa shape index (κ1) is 16.2. The summed E-state index contributed by atoms with van der Waals surface area (Å²) >= 11 is 5.90. The molecule has 0 heterocycles. The SMILES string of the molecule is CCC(CC)(CO)NS(=O)(=O)c1cc(N)ccc1Cl. The fraction of sp³-hybridized carbons (Fsp3) is 0.500.